The Morgan fingerprint density at radius 2 is 1.90 bits per heavy atom. The zero-order valence-electron chi connectivity index (χ0n) is 22.5. The van der Waals surface area contributed by atoms with Crippen LogP contribution < -0.4 is 9.47 Å². The van der Waals surface area contributed by atoms with E-state index in [9.17, 15) is 30.3 Å². The molecule has 1 saturated heterocycles. The molecule has 1 aliphatic heterocycles. The van der Waals surface area contributed by atoms with Crippen molar-refractivity contribution in [2.45, 2.75) is 88.5 Å². The van der Waals surface area contributed by atoms with Crippen molar-refractivity contribution in [2.24, 2.45) is 5.92 Å². The fraction of sp³-hybridized carbons (Fsp3) is 0.679. The number of aryl methyl sites for hydroxylation is 1. The maximum Gasteiger partial charge on any atom is 0.306 e. The van der Waals surface area contributed by atoms with E-state index in [-0.39, 0.29) is 49.4 Å². The van der Waals surface area contributed by atoms with Gasteiger partial charge in [-0.2, -0.15) is 0 Å². The average molecular weight is 553 g/mol. The minimum absolute atomic E-state index is 0.0583. The Bertz CT molecular complexity index is 1090. The van der Waals surface area contributed by atoms with E-state index in [1.54, 1.807) is 13.2 Å². The minimum Gasteiger partial charge on any atom is -0.490 e. The molecule has 4 rings (SSSR count). The van der Waals surface area contributed by atoms with Crippen LogP contribution in [-0.2, 0) is 20.7 Å². The van der Waals surface area contributed by atoms with E-state index in [1.165, 1.54) is 7.11 Å². The van der Waals surface area contributed by atoms with Crippen LogP contribution >= 0.6 is 0 Å². The monoisotopic (exact) mass is 552 g/mol. The van der Waals surface area contributed by atoms with Gasteiger partial charge in [0, 0.05) is 24.0 Å². The summed E-state index contributed by atoms with van der Waals surface area (Å²) in [5.74, 6) is 0.662. The lowest BCUT2D eigenvalue weighted by atomic mass is 9.77. The van der Waals surface area contributed by atoms with Crippen molar-refractivity contribution in [3.05, 3.63) is 23.5 Å². The molecule has 0 amide bonds. The molecule has 1 aromatic carbocycles. The molecule has 0 bridgehead atoms. The molecule has 2 aliphatic rings. The molecule has 39 heavy (non-hydrogen) atoms. The van der Waals surface area contributed by atoms with Gasteiger partial charge in [-0.3, -0.25) is 4.79 Å². The van der Waals surface area contributed by atoms with Gasteiger partial charge in [0.15, 0.2) is 11.3 Å². The fourth-order valence-electron chi connectivity index (χ4n) is 5.78. The lowest BCUT2D eigenvalue weighted by Gasteiger charge is -2.39. The summed E-state index contributed by atoms with van der Waals surface area (Å²) in [6, 6.07) is 1.88. The predicted molar refractivity (Wildman–Crippen MR) is 139 cm³/mol. The van der Waals surface area contributed by atoms with Crippen molar-refractivity contribution in [3.63, 3.8) is 0 Å². The summed E-state index contributed by atoms with van der Waals surface area (Å²) < 4.78 is 28.5. The molecule has 1 saturated carbocycles. The van der Waals surface area contributed by atoms with Gasteiger partial charge < -0.3 is 48.9 Å². The van der Waals surface area contributed by atoms with E-state index in [0.29, 0.717) is 17.1 Å². The lowest BCUT2D eigenvalue weighted by Crippen LogP contribution is -2.60. The summed E-state index contributed by atoms with van der Waals surface area (Å²) in [5, 5.41) is 50.8. The Labute approximate surface area is 227 Å². The molecule has 2 aromatic rings. The fourth-order valence-corrected chi connectivity index (χ4v) is 5.78. The number of benzene rings is 1. The Balaban J connectivity index is 1.73. The molecule has 7 atom stereocenters. The zero-order valence-corrected chi connectivity index (χ0v) is 22.5. The van der Waals surface area contributed by atoms with Crippen molar-refractivity contribution in [3.8, 4) is 11.5 Å². The van der Waals surface area contributed by atoms with Crippen LogP contribution in [0.4, 0.5) is 0 Å². The second kappa shape index (κ2) is 13.3. The summed E-state index contributed by atoms with van der Waals surface area (Å²) in [6.45, 7) is 1.54. The molecular weight excluding hydrogens is 512 g/mol. The zero-order chi connectivity index (χ0) is 28.1. The topological polar surface area (TPSA) is 168 Å². The summed E-state index contributed by atoms with van der Waals surface area (Å²) in [7, 11) is 1.45. The third-order valence-electron chi connectivity index (χ3n) is 7.83. The van der Waals surface area contributed by atoms with E-state index in [2.05, 4.69) is 0 Å². The van der Waals surface area contributed by atoms with Crippen LogP contribution in [0, 0.1) is 5.92 Å². The van der Waals surface area contributed by atoms with Crippen LogP contribution in [0.5, 0.6) is 11.5 Å². The quantitative estimate of drug-likeness (QED) is 0.258. The SMILES string of the molecule is CCOC(=O)CCc1cc2c(C3CCCC(CCO)C3)coc2c(OC)c1OC1OC(CO)C(O)C(O)C1O. The van der Waals surface area contributed by atoms with Gasteiger partial charge in [-0.05, 0) is 56.1 Å². The highest BCUT2D eigenvalue weighted by atomic mass is 16.7. The van der Waals surface area contributed by atoms with Crippen molar-refractivity contribution in [2.75, 3.05) is 26.9 Å². The van der Waals surface area contributed by atoms with Gasteiger partial charge in [-0.15, -0.1) is 0 Å². The third kappa shape index (κ3) is 6.34. The van der Waals surface area contributed by atoms with Gasteiger partial charge in [0.2, 0.25) is 12.0 Å². The maximum absolute atomic E-state index is 12.2. The summed E-state index contributed by atoms with van der Waals surface area (Å²) in [4.78, 5) is 12.2. The molecule has 218 valence electrons. The van der Waals surface area contributed by atoms with Crippen molar-refractivity contribution in [1.82, 2.24) is 0 Å². The highest BCUT2D eigenvalue weighted by Crippen LogP contribution is 2.47. The van der Waals surface area contributed by atoms with Gasteiger partial charge >= 0.3 is 5.97 Å². The summed E-state index contributed by atoms with van der Waals surface area (Å²) in [6.07, 6.45) is -0.572. The van der Waals surface area contributed by atoms with E-state index in [4.69, 9.17) is 23.4 Å². The Morgan fingerprint density at radius 3 is 2.59 bits per heavy atom. The van der Waals surface area contributed by atoms with E-state index in [1.807, 2.05) is 6.07 Å². The van der Waals surface area contributed by atoms with Crippen LogP contribution in [0.15, 0.2) is 16.7 Å². The largest absolute Gasteiger partial charge is 0.490 e. The number of aliphatic hydroxyl groups excluding tert-OH is 5. The standard InChI is InChI=1S/C28H40O11/c1-3-36-21(31)8-7-17-12-18-19(16-6-4-5-15(11-16)9-10-29)14-37-26(18)27(35-2)25(17)39-28-24(34)23(33)22(32)20(13-30)38-28/h12,14-16,20,22-24,28-30,32-34H,3-11,13H2,1-2H3. The highest BCUT2D eigenvalue weighted by Gasteiger charge is 2.45. The number of rotatable bonds is 11. The number of carbonyl (C=O) groups excluding carboxylic acids is 1. The van der Waals surface area contributed by atoms with Crippen LogP contribution in [0.1, 0.15) is 62.5 Å². The first-order chi connectivity index (χ1) is 18.8. The first-order valence-electron chi connectivity index (χ1n) is 13.7. The molecule has 11 nitrogen and oxygen atoms in total. The molecule has 0 radical (unpaired) electrons. The number of hydrogen-bond donors (Lipinski definition) is 5. The molecule has 2 fully saturated rings. The Hall–Kier alpha value is -2.41. The number of methoxy groups -OCH3 is 1. The minimum atomic E-state index is -1.63. The maximum atomic E-state index is 12.2. The van der Waals surface area contributed by atoms with Crippen molar-refractivity contribution < 1.29 is 53.7 Å². The first kappa shape index (κ1) is 29.6. The molecule has 2 heterocycles. The molecule has 1 aromatic heterocycles. The summed E-state index contributed by atoms with van der Waals surface area (Å²) in [5.41, 5.74) is 2.02. The smallest absolute Gasteiger partial charge is 0.306 e. The Kier molecular flexibility index (Phi) is 10.1. The number of hydrogen-bond acceptors (Lipinski definition) is 11. The van der Waals surface area contributed by atoms with Crippen LogP contribution in [0.3, 0.4) is 0 Å². The van der Waals surface area contributed by atoms with E-state index >= 15 is 0 Å². The van der Waals surface area contributed by atoms with E-state index < -0.39 is 37.3 Å². The second-order valence-electron chi connectivity index (χ2n) is 10.3. The first-order valence-corrected chi connectivity index (χ1v) is 13.7. The molecule has 5 N–H and O–H groups in total. The van der Waals surface area contributed by atoms with Crippen LogP contribution in [0.2, 0.25) is 0 Å². The highest BCUT2D eigenvalue weighted by molar-refractivity contribution is 5.90. The van der Waals surface area contributed by atoms with Crippen LogP contribution in [-0.4, -0.2) is 89.1 Å². The molecule has 1 aliphatic carbocycles. The number of fused-ring (bicyclic) bond motifs is 1. The second-order valence-corrected chi connectivity index (χ2v) is 10.3. The van der Waals surface area contributed by atoms with Gasteiger partial charge in [0.1, 0.15) is 24.4 Å². The summed E-state index contributed by atoms with van der Waals surface area (Å²) >= 11 is 0. The lowest BCUT2D eigenvalue weighted by molar-refractivity contribution is -0.277. The van der Waals surface area contributed by atoms with Gasteiger partial charge in [0.25, 0.3) is 0 Å². The van der Waals surface area contributed by atoms with Crippen molar-refractivity contribution >= 4 is 16.9 Å². The number of aliphatic hydroxyl groups is 5. The van der Waals surface area contributed by atoms with Crippen LogP contribution in [0.25, 0.3) is 11.0 Å². The Morgan fingerprint density at radius 1 is 1.10 bits per heavy atom. The number of esters is 1. The number of carbonyl (C=O) groups is 1. The van der Waals surface area contributed by atoms with Gasteiger partial charge in [0.05, 0.1) is 26.6 Å². The molecule has 7 unspecified atom stereocenters. The van der Waals surface area contributed by atoms with Crippen molar-refractivity contribution in [1.29, 1.82) is 0 Å². The molecular formula is C28H40O11. The normalized spacial score (nSPS) is 29.4. The molecule has 0 spiro atoms. The number of furan rings is 1. The predicted octanol–water partition coefficient (Wildman–Crippen LogP) is 1.77. The van der Waals surface area contributed by atoms with Gasteiger partial charge in [-0.1, -0.05) is 12.8 Å². The van der Waals surface area contributed by atoms with E-state index in [0.717, 1.165) is 43.1 Å². The van der Waals surface area contributed by atoms with Gasteiger partial charge in [-0.25, -0.2) is 0 Å². The molecule has 11 heteroatoms. The number of ether oxygens (including phenoxy) is 4. The average Bonchev–Trinajstić information content (AvgIpc) is 3.36. The third-order valence-corrected chi connectivity index (χ3v) is 7.83.